The number of rotatable bonds is 6. The van der Waals surface area contributed by atoms with E-state index in [1.165, 1.54) is 5.56 Å². The van der Waals surface area contributed by atoms with Crippen molar-refractivity contribution < 1.29 is 9.53 Å². The van der Waals surface area contributed by atoms with Crippen LogP contribution in [0, 0.1) is 0 Å². The Hall–Kier alpha value is -1.84. The molecular weight excluding hydrogens is 386 g/mol. The molecule has 0 bridgehead atoms. The Kier molecular flexibility index (Phi) is 6.89. The molecule has 2 fully saturated rings. The Morgan fingerprint density at radius 3 is 2.55 bits per heavy atom. The Bertz CT molecular complexity index is 796. The van der Waals surface area contributed by atoms with Crippen LogP contribution in [-0.4, -0.2) is 85.2 Å². The fraction of sp³-hybridized carbons (Fsp3) is 0.524. The number of thiazole rings is 1. The van der Waals surface area contributed by atoms with Gasteiger partial charge in [-0.15, -0.1) is 11.3 Å². The van der Waals surface area contributed by atoms with Gasteiger partial charge in [0.1, 0.15) is 5.01 Å². The number of morpholine rings is 1. The molecule has 0 saturated carbocycles. The lowest BCUT2D eigenvalue weighted by Crippen LogP contribution is -2.52. The van der Waals surface area contributed by atoms with Gasteiger partial charge in [-0.2, -0.15) is 0 Å². The average molecular weight is 416 g/mol. The van der Waals surface area contributed by atoms with Crippen molar-refractivity contribution in [2.75, 3.05) is 59.5 Å². The van der Waals surface area contributed by atoms with Gasteiger partial charge in [0.15, 0.2) is 0 Å². The molecule has 2 aliphatic heterocycles. The van der Waals surface area contributed by atoms with Crippen molar-refractivity contribution in [2.24, 2.45) is 0 Å². The van der Waals surface area contributed by atoms with Crippen LogP contribution >= 0.6 is 11.3 Å². The lowest BCUT2D eigenvalue weighted by Gasteiger charge is -2.32. The van der Waals surface area contributed by atoms with Gasteiger partial charge < -0.3 is 9.64 Å². The molecule has 2 saturated heterocycles. The largest absolute Gasteiger partial charge is 0.379 e. The maximum atomic E-state index is 12.3. The summed E-state index contributed by atoms with van der Waals surface area (Å²) in [7, 11) is 2.10. The fourth-order valence-corrected chi connectivity index (χ4v) is 4.42. The van der Waals surface area contributed by atoms with E-state index in [9.17, 15) is 4.79 Å². The van der Waals surface area contributed by atoms with E-state index in [2.05, 4.69) is 51.5 Å². The van der Waals surface area contributed by atoms with Crippen LogP contribution in [0.5, 0.6) is 0 Å². The van der Waals surface area contributed by atoms with Gasteiger partial charge >= 0.3 is 0 Å². The van der Waals surface area contributed by atoms with Crippen molar-refractivity contribution in [3.63, 3.8) is 0 Å². The minimum absolute atomic E-state index is 0.00672. The van der Waals surface area contributed by atoms with Crippen molar-refractivity contribution in [1.29, 1.82) is 0 Å². The highest BCUT2D eigenvalue weighted by molar-refractivity contribution is 7.13. The average Bonchev–Trinajstić information content (AvgIpc) is 3.19. The summed E-state index contributed by atoms with van der Waals surface area (Å²) in [5, 5.41) is 4.95. The molecule has 1 amide bonds. The molecule has 29 heavy (non-hydrogen) atoms. The van der Waals surface area contributed by atoms with Crippen LogP contribution in [0.25, 0.3) is 10.6 Å². The van der Waals surface area contributed by atoms with Gasteiger partial charge in [0.05, 0.1) is 25.3 Å². The highest BCUT2D eigenvalue weighted by atomic mass is 32.1. The zero-order valence-corrected chi connectivity index (χ0v) is 17.8. The third kappa shape index (κ3) is 5.83. The SMILES string of the molecule is CN1CCN(NC(=O)Cc2csc(-c3ccc(CN4CCOCC4)cc3)n2)CC1. The number of nitrogens with one attached hydrogen (secondary N) is 1. The summed E-state index contributed by atoms with van der Waals surface area (Å²) in [6.07, 6.45) is 0.317. The number of likely N-dealkylation sites (N-methyl/N-ethyl adjacent to an activating group) is 1. The smallest absolute Gasteiger partial charge is 0.240 e. The maximum Gasteiger partial charge on any atom is 0.240 e. The van der Waals surface area contributed by atoms with Crippen LogP contribution in [0.15, 0.2) is 29.6 Å². The van der Waals surface area contributed by atoms with Crippen LogP contribution in [0.2, 0.25) is 0 Å². The number of nitrogens with zero attached hydrogens (tertiary/aromatic N) is 4. The van der Waals surface area contributed by atoms with Gasteiger partial charge in [-0.25, -0.2) is 9.99 Å². The van der Waals surface area contributed by atoms with Gasteiger partial charge in [0.2, 0.25) is 5.91 Å². The monoisotopic (exact) mass is 415 g/mol. The summed E-state index contributed by atoms with van der Waals surface area (Å²) >= 11 is 1.59. The topological polar surface area (TPSA) is 60.9 Å². The number of hydrogen-bond donors (Lipinski definition) is 1. The Morgan fingerprint density at radius 2 is 1.83 bits per heavy atom. The highest BCUT2D eigenvalue weighted by Crippen LogP contribution is 2.24. The predicted molar refractivity (Wildman–Crippen MR) is 115 cm³/mol. The first kappa shape index (κ1) is 20.4. The van der Waals surface area contributed by atoms with Gasteiger partial charge in [-0.3, -0.25) is 15.1 Å². The number of carbonyl (C=O) groups excluding carboxylic acids is 1. The molecule has 1 aromatic heterocycles. The molecule has 0 aliphatic carbocycles. The number of carbonyl (C=O) groups is 1. The molecule has 4 rings (SSSR count). The Balaban J connectivity index is 1.29. The van der Waals surface area contributed by atoms with Crippen molar-refractivity contribution in [3.05, 3.63) is 40.9 Å². The second-order valence-electron chi connectivity index (χ2n) is 7.73. The number of amides is 1. The first-order valence-corrected chi connectivity index (χ1v) is 11.1. The number of hydrogen-bond acceptors (Lipinski definition) is 7. The van der Waals surface area contributed by atoms with Crippen LogP contribution < -0.4 is 5.43 Å². The lowest BCUT2D eigenvalue weighted by atomic mass is 10.1. The van der Waals surface area contributed by atoms with Crippen molar-refractivity contribution in [1.82, 2.24) is 25.2 Å². The third-order valence-electron chi connectivity index (χ3n) is 5.39. The molecular formula is C21H29N5O2S. The molecule has 0 spiro atoms. The first-order valence-electron chi connectivity index (χ1n) is 10.2. The van der Waals surface area contributed by atoms with E-state index in [4.69, 9.17) is 4.74 Å². The van der Waals surface area contributed by atoms with E-state index < -0.39 is 0 Å². The van der Waals surface area contributed by atoms with E-state index >= 15 is 0 Å². The summed E-state index contributed by atoms with van der Waals surface area (Å²) in [4.78, 5) is 21.7. The maximum absolute atomic E-state index is 12.3. The zero-order chi connectivity index (χ0) is 20.1. The number of ether oxygens (including phenoxy) is 1. The molecule has 0 unspecified atom stereocenters. The zero-order valence-electron chi connectivity index (χ0n) is 17.0. The number of hydrazine groups is 1. The molecule has 156 valence electrons. The normalized spacial score (nSPS) is 19.3. The highest BCUT2D eigenvalue weighted by Gasteiger charge is 2.17. The van der Waals surface area contributed by atoms with Crippen LogP contribution in [0.4, 0.5) is 0 Å². The number of aromatic nitrogens is 1. The van der Waals surface area contributed by atoms with Gasteiger partial charge in [0, 0.05) is 56.8 Å². The quantitative estimate of drug-likeness (QED) is 0.771. The van der Waals surface area contributed by atoms with E-state index in [1.54, 1.807) is 11.3 Å². The van der Waals surface area contributed by atoms with Crippen LogP contribution in [0.3, 0.4) is 0 Å². The first-order chi connectivity index (χ1) is 14.2. The van der Waals surface area contributed by atoms with Crippen LogP contribution in [0.1, 0.15) is 11.3 Å². The predicted octanol–water partition coefficient (Wildman–Crippen LogP) is 1.46. The van der Waals surface area contributed by atoms with Gasteiger partial charge in [-0.1, -0.05) is 24.3 Å². The number of benzene rings is 1. The van der Waals surface area contributed by atoms with E-state index in [-0.39, 0.29) is 5.91 Å². The lowest BCUT2D eigenvalue weighted by molar-refractivity contribution is -0.126. The van der Waals surface area contributed by atoms with E-state index in [0.717, 1.165) is 75.3 Å². The van der Waals surface area contributed by atoms with E-state index in [0.29, 0.717) is 6.42 Å². The molecule has 8 heteroatoms. The molecule has 2 aliphatic rings. The summed E-state index contributed by atoms with van der Waals surface area (Å²) in [5.74, 6) is 0.00672. The molecule has 7 nitrogen and oxygen atoms in total. The van der Waals surface area contributed by atoms with E-state index in [1.807, 2.05) is 10.4 Å². The van der Waals surface area contributed by atoms with Crippen molar-refractivity contribution >= 4 is 17.2 Å². The Morgan fingerprint density at radius 1 is 1.10 bits per heavy atom. The molecule has 3 heterocycles. The number of piperazine rings is 1. The third-order valence-corrected chi connectivity index (χ3v) is 6.33. The van der Waals surface area contributed by atoms with Gasteiger partial charge in [0.25, 0.3) is 0 Å². The summed E-state index contributed by atoms with van der Waals surface area (Å²) in [6, 6.07) is 8.60. The van der Waals surface area contributed by atoms with Gasteiger partial charge in [-0.05, 0) is 12.6 Å². The second-order valence-corrected chi connectivity index (χ2v) is 8.59. The van der Waals surface area contributed by atoms with Crippen molar-refractivity contribution in [2.45, 2.75) is 13.0 Å². The molecule has 0 atom stereocenters. The standard InChI is InChI=1S/C21H29N5O2S/c1-24-6-8-26(9-7-24)23-20(27)14-19-16-29-21(22-19)18-4-2-17(3-5-18)15-25-10-12-28-13-11-25/h2-5,16H,6-15H2,1H3,(H,23,27). The summed E-state index contributed by atoms with van der Waals surface area (Å²) in [5.41, 5.74) is 6.24. The minimum atomic E-state index is 0.00672. The molecule has 2 aromatic rings. The second kappa shape index (κ2) is 9.77. The fourth-order valence-electron chi connectivity index (χ4n) is 3.59. The van der Waals surface area contributed by atoms with Crippen molar-refractivity contribution in [3.8, 4) is 10.6 Å². The summed E-state index contributed by atoms with van der Waals surface area (Å²) < 4.78 is 5.41. The molecule has 1 N–H and O–H groups in total. The summed E-state index contributed by atoms with van der Waals surface area (Å²) in [6.45, 7) is 8.26. The minimum Gasteiger partial charge on any atom is -0.379 e. The Labute approximate surface area is 176 Å². The van der Waals surface area contributed by atoms with Crippen LogP contribution in [-0.2, 0) is 22.5 Å². The molecule has 0 radical (unpaired) electrons. The molecule has 1 aromatic carbocycles.